The van der Waals surface area contributed by atoms with E-state index in [-0.39, 0.29) is 0 Å². The van der Waals surface area contributed by atoms with Crippen LogP contribution in [0, 0.1) is 0 Å². The van der Waals surface area contributed by atoms with Gasteiger partial charge in [-0.15, -0.1) is 0 Å². The third kappa shape index (κ3) is 2.86. The van der Waals surface area contributed by atoms with Crippen LogP contribution in [0.3, 0.4) is 0 Å². The highest BCUT2D eigenvalue weighted by Crippen LogP contribution is 2.16. The molecule has 11 heavy (non-hydrogen) atoms. The molecule has 1 heterocycles. The Hall–Kier alpha value is 0.0249. The summed E-state index contributed by atoms with van der Waals surface area (Å²) in [7, 11) is 5.43. The summed E-state index contributed by atoms with van der Waals surface area (Å²) in [4.78, 5) is 2.58. The molecule has 0 spiro atoms. The summed E-state index contributed by atoms with van der Waals surface area (Å²) in [5.41, 5.74) is 0. The lowest BCUT2D eigenvalue weighted by Gasteiger charge is -2.20. The Labute approximate surface area is 71.6 Å². The van der Waals surface area contributed by atoms with E-state index in [4.69, 9.17) is 7.85 Å². The molecule has 1 fully saturated rings. The predicted octanol–water partition coefficient (Wildman–Crippen LogP) is 1.84. The molecule has 0 aromatic rings. The molecule has 0 amide bonds. The van der Waals surface area contributed by atoms with Crippen molar-refractivity contribution in [1.29, 1.82) is 0 Å². The van der Waals surface area contributed by atoms with Crippen LogP contribution in [-0.4, -0.2) is 31.9 Å². The lowest BCUT2D eigenvalue weighted by molar-refractivity contribution is 0.265. The summed E-state index contributed by atoms with van der Waals surface area (Å²) in [6, 6.07) is 0.827. The maximum absolute atomic E-state index is 5.43. The molecule has 0 N–H and O–H groups in total. The van der Waals surface area contributed by atoms with Crippen molar-refractivity contribution < 1.29 is 0 Å². The first-order chi connectivity index (χ1) is 5.34. The first-order valence-electron chi connectivity index (χ1n) is 4.78. The Morgan fingerprint density at radius 1 is 1.45 bits per heavy atom. The minimum Gasteiger partial charge on any atom is -0.301 e. The van der Waals surface area contributed by atoms with Crippen molar-refractivity contribution in [2.24, 2.45) is 0 Å². The molecule has 0 aliphatic carbocycles. The van der Waals surface area contributed by atoms with Gasteiger partial charge in [0, 0.05) is 6.04 Å². The summed E-state index contributed by atoms with van der Waals surface area (Å²) < 4.78 is 0. The van der Waals surface area contributed by atoms with Crippen LogP contribution in [0.1, 0.15) is 32.6 Å². The highest BCUT2D eigenvalue weighted by Gasteiger charge is 2.18. The molecular weight excluding hydrogens is 133 g/mol. The molecule has 0 bridgehead atoms. The number of hydrogen-bond acceptors (Lipinski definition) is 1. The summed E-state index contributed by atoms with van der Waals surface area (Å²) in [5, 5.41) is 0. The van der Waals surface area contributed by atoms with Gasteiger partial charge in [-0.05, 0) is 39.3 Å². The van der Waals surface area contributed by atoms with Crippen LogP contribution < -0.4 is 0 Å². The normalized spacial score (nSPS) is 26.1. The fourth-order valence-corrected chi connectivity index (χ4v) is 1.78. The molecule has 0 aromatic carbocycles. The van der Waals surface area contributed by atoms with Crippen LogP contribution in [-0.2, 0) is 0 Å². The average Bonchev–Trinajstić information content (AvgIpc) is 2.37. The second kappa shape index (κ2) is 4.81. The monoisotopic (exact) mass is 151 g/mol. The standard InChI is InChI=1S/C9H18BN/c1-9-5-4-8-11(9)7-3-2-6-10/h9H,2-8H2,1H3. The molecule has 0 saturated carbocycles. The van der Waals surface area contributed by atoms with E-state index in [1.807, 2.05) is 0 Å². The van der Waals surface area contributed by atoms with E-state index in [1.165, 1.54) is 38.8 Å². The van der Waals surface area contributed by atoms with Crippen molar-refractivity contribution in [2.45, 2.75) is 45.0 Å². The number of nitrogens with zero attached hydrogens (tertiary/aromatic N) is 1. The van der Waals surface area contributed by atoms with Crippen molar-refractivity contribution in [2.75, 3.05) is 13.1 Å². The van der Waals surface area contributed by atoms with E-state index >= 15 is 0 Å². The van der Waals surface area contributed by atoms with Gasteiger partial charge >= 0.3 is 0 Å². The number of unbranched alkanes of at least 4 members (excludes halogenated alkanes) is 1. The largest absolute Gasteiger partial charge is 0.301 e. The van der Waals surface area contributed by atoms with Gasteiger partial charge in [0.15, 0.2) is 0 Å². The number of rotatable bonds is 4. The van der Waals surface area contributed by atoms with Crippen LogP contribution in [0.25, 0.3) is 0 Å². The maximum Gasteiger partial charge on any atom is 0.0653 e. The molecule has 62 valence electrons. The van der Waals surface area contributed by atoms with Gasteiger partial charge in [0.2, 0.25) is 0 Å². The Kier molecular flexibility index (Phi) is 3.99. The quantitative estimate of drug-likeness (QED) is 0.437. The van der Waals surface area contributed by atoms with Gasteiger partial charge in [0.1, 0.15) is 0 Å². The lowest BCUT2D eigenvalue weighted by atomic mass is 10.0. The molecule has 1 atom stereocenters. The Balaban J connectivity index is 2.05. The molecule has 1 saturated heterocycles. The summed E-state index contributed by atoms with van der Waals surface area (Å²) in [6.07, 6.45) is 6.10. The van der Waals surface area contributed by atoms with Crippen molar-refractivity contribution in [3.8, 4) is 0 Å². The van der Waals surface area contributed by atoms with Gasteiger partial charge in [0.25, 0.3) is 0 Å². The van der Waals surface area contributed by atoms with Crippen LogP contribution in [0.2, 0.25) is 6.32 Å². The van der Waals surface area contributed by atoms with Gasteiger partial charge in [-0.25, -0.2) is 0 Å². The van der Waals surface area contributed by atoms with Gasteiger partial charge in [-0.1, -0.05) is 12.7 Å². The minimum atomic E-state index is 0.827. The Morgan fingerprint density at radius 3 is 2.82 bits per heavy atom. The van der Waals surface area contributed by atoms with Crippen molar-refractivity contribution >= 4 is 7.85 Å². The Morgan fingerprint density at radius 2 is 2.27 bits per heavy atom. The minimum absolute atomic E-state index is 0.827. The van der Waals surface area contributed by atoms with Crippen LogP contribution >= 0.6 is 0 Å². The molecule has 1 aliphatic rings. The highest BCUT2D eigenvalue weighted by atomic mass is 15.2. The van der Waals surface area contributed by atoms with Crippen LogP contribution in [0.5, 0.6) is 0 Å². The second-order valence-corrected chi connectivity index (χ2v) is 3.52. The molecule has 0 aromatic heterocycles. The lowest BCUT2D eigenvalue weighted by Crippen LogP contribution is -2.27. The van der Waals surface area contributed by atoms with E-state index < -0.39 is 0 Å². The van der Waals surface area contributed by atoms with E-state index in [1.54, 1.807) is 0 Å². The predicted molar refractivity (Wildman–Crippen MR) is 50.1 cm³/mol. The zero-order valence-electron chi connectivity index (χ0n) is 7.55. The van der Waals surface area contributed by atoms with Crippen molar-refractivity contribution in [3.63, 3.8) is 0 Å². The topological polar surface area (TPSA) is 3.24 Å². The summed E-state index contributed by atoms with van der Waals surface area (Å²) >= 11 is 0. The highest BCUT2D eigenvalue weighted by molar-refractivity contribution is 6.08. The van der Waals surface area contributed by atoms with Gasteiger partial charge in [0.05, 0.1) is 7.85 Å². The molecule has 1 aliphatic heterocycles. The van der Waals surface area contributed by atoms with E-state index in [2.05, 4.69) is 11.8 Å². The fraction of sp³-hybridized carbons (Fsp3) is 1.00. The summed E-state index contributed by atoms with van der Waals surface area (Å²) in [6.45, 7) is 4.90. The first kappa shape index (κ1) is 9.12. The molecule has 2 radical (unpaired) electrons. The molecule has 1 unspecified atom stereocenters. The second-order valence-electron chi connectivity index (χ2n) is 3.52. The SMILES string of the molecule is [B]CCCCN1CCCC1C. The van der Waals surface area contributed by atoms with Crippen LogP contribution in [0.4, 0.5) is 0 Å². The number of likely N-dealkylation sites (tertiary alicyclic amines) is 1. The fourth-order valence-electron chi connectivity index (χ4n) is 1.78. The van der Waals surface area contributed by atoms with Gasteiger partial charge in [-0.3, -0.25) is 0 Å². The van der Waals surface area contributed by atoms with Gasteiger partial charge < -0.3 is 4.90 Å². The van der Waals surface area contributed by atoms with E-state index in [0.717, 1.165) is 12.4 Å². The first-order valence-corrected chi connectivity index (χ1v) is 4.78. The molecule has 1 rings (SSSR count). The Bertz CT molecular complexity index is 106. The molecule has 1 nitrogen and oxygen atoms in total. The average molecular weight is 151 g/mol. The third-order valence-electron chi connectivity index (χ3n) is 2.59. The van der Waals surface area contributed by atoms with Crippen LogP contribution in [0.15, 0.2) is 0 Å². The zero-order valence-corrected chi connectivity index (χ0v) is 7.55. The molecule has 2 heteroatoms. The third-order valence-corrected chi connectivity index (χ3v) is 2.59. The van der Waals surface area contributed by atoms with E-state index in [9.17, 15) is 0 Å². The smallest absolute Gasteiger partial charge is 0.0653 e. The molecular formula is C9H18BN. The zero-order chi connectivity index (χ0) is 8.10. The van der Waals surface area contributed by atoms with Crippen molar-refractivity contribution in [1.82, 2.24) is 4.90 Å². The summed E-state index contributed by atoms with van der Waals surface area (Å²) in [5.74, 6) is 0. The van der Waals surface area contributed by atoms with Gasteiger partial charge in [-0.2, -0.15) is 0 Å². The maximum atomic E-state index is 5.43. The number of hydrogen-bond donors (Lipinski definition) is 0. The van der Waals surface area contributed by atoms with Crippen molar-refractivity contribution in [3.05, 3.63) is 0 Å². The van der Waals surface area contributed by atoms with E-state index in [0.29, 0.717) is 0 Å².